The Kier molecular flexibility index (Phi) is 2.54. The molecule has 0 radical (unpaired) electrons. The van der Waals surface area contributed by atoms with Crippen molar-refractivity contribution in [1.29, 1.82) is 0 Å². The van der Waals surface area contributed by atoms with Crippen LogP contribution in [0.2, 0.25) is 0 Å². The van der Waals surface area contributed by atoms with E-state index in [2.05, 4.69) is 5.32 Å². The number of hydrogen-bond donors (Lipinski definition) is 1. The van der Waals surface area contributed by atoms with E-state index in [1.54, 1.807) is 0 Å². The van der Waals surface area contributed by atoms with Crippen molar-refractivity contribution >= 4 is 5.97 Å². The summed E-state index contributed by atoms with van der Waals surface area (Å²) in [6.45, 7) is 3.50. The number of esters is 1. The summed E-state index contributed by atoms with van der Waals surface area (Å²) in [7, 11) is 0. The Morgan fingerprint density at radius 3 is 3.08 bits per heavy atom. The zero-order valence-corrected chi connectivity index (χ0v) is 8.08. The van der Waals surface area contributed by atoms with Crippen LogP contribution in [0.4, 0.5) is 0 Å². The highest BCUT2D eigenvalue weighted by Crippen LogP contribution is 2.44. The van der Waals surface area contributed by atoms with Gasteiger partial charge in [0.1, 0.15) is 0 Å². The number of carbonyl (C=O) groups excluding carboxylic acids is 1. The van der Waals surface area contributed by atoms with E-state index < -0.39 is 0 Å². The summed E-state index contributed by atoms with van der Waals surface area (Å²) in [5.74, 6) is 0.790. The molecular formula is C10H17NO2. The van der Waals surface area contributed by atoms with E-state index in [1.165, 1.54) is 12.8 Å². The Labute approximate surface area is 78.8 Å². The minimum atomic E-state index is 0.0150. The Bertz CT molecular complexity index is 199. The van der Waals surface area contributed by atoms with Gasteiger partial charge in [0.15, 0.2) is 0 Å². The van der Waals surface area contributed by atoms with Gasteiger partial charge in [0, 0.05) is 6.04 Å². The van der Waals surface area contributed by atoms with E-state index in [0.29, 0.717) is 18.6 Å². The second-order valence-electron chi connectivity index (χ2n) is 3.96. The highest BCUT2D eigenvalue weighted by Gasteiger charge is 2.48. The van der Waals surface area contributed by atoms with E-state index in [4.69, 9.17) is 4.74 Å². The summed E-state index contributed by atoms with van der Waals surface area (Å²) in [4.78, 5) is 11.3. The quantitative estimate of drug-likeness (QED) is 0.662. The molecule has 74 valence electrons. The third-order valence-corrected chi connectivity index (χ3v) is 3.04. The molecular weight excluding hydrogens is 166 g/mol. The lowest BCUT2D eigenvalue weighted by Crippen LogP contribution is -2.25. The Morgan fingerprint density at radius 1 is 1.62 bits per heavy atom. The number of carbonyl (C=O) groups is 1. The standard InChI is InChI=1S/C10H17NO2/c1-2-13-10(12)8-6-7(8)9-4-3-5-11-9/h7-9,11H,2-6H2,1H3. The Hall–Kier alpha value is -0.570. The third-order valence-electron chi connectivity index (χ3n) is 3.04. The maximum atomic E-state index is 11.3. The molecule has 1 N–H and O–H groups in total. The monoisotopic (exact) mass is 183 g/mol. The summed E-state index contributed by atoms with van der Waals surface area (Å²) < 4.78 is 4.99. The van der Waals surface area contributed by atoms with Crippen LogP contribution in [0.25, 0.3) is 0 Å². The first-order valence-electron chi connectivity index (χ1n) is 5.23. The Morgan fingerprint density at radius 2 is 2.46 bits per heavy atom. The van der Waals surface area contributed by atoms with Crippen LogP contribution in [0, 0.1) is 11.8 Å². The van der Waals surface area contributed by atoms with Gasteiger partial charge < -0.3 is 10.1 Å². The SMILES string of the molecule is CCOC(=O)C1CC1C1CCCN1. The summed E-state index contributed by atoms with van der Waals surface area (Å²) in [6.07, 6.45) is 3.54. The highest BCUT2D eigenvalue weighted by atomic mass is 16.5. The smallest absolute Gasteiger partial charge is 0.309 e. The van der Waals surface area contributed by atoms with Crippen LogP contribution in [-0.2, 0) is 9.53 Å². The maximum absolute atomic E-state index is 11.3. The first-order chi connectivity index (χ1) is 6.33. The summed E-state index contributed by atoms with van der Waals surface area (Å²) >= 11 is 0. The largest absolute Gasteiger partial charge is 0.466 e. The van der Waals surface area contributed by atoms with E-state index in [1.807, 2.05) is 6.92 Å². The van der Waals surface area contributed by atoms with Gasteiger partial charge in [0.05, 0.1) is 12.5 Å². The fourth-order valence-corrected chi connectivity index (χ4v) is 2.26. The van der Waals surface area contributed by atoms with Crippen molar-refractivity contribution in [2.24, 2.45) is 11.8 Å². The fourth-order valence-electron chi connectivity index (χ4n) is 2.26. The molecule has 1 saturated heterocycles. The lowest BCUT2D eigenvalue weighted by atomic mass is 10.1. The van der Waals surface area contributed by atoms with Crippen molar-refractivity contribution < 1.29 is 9.53 Å². The first-order valence-corrected chi connectivity index (χ1v) is 5.23. The van der Waals surface area contributed by atoms with Crippen LogP contribution in [0.1, 0.15) is 26.2 Å². The molecule has 0 spiro atoms. The maximum Gasteiger partial charge on any atom is 0.309 e. The first kappa shape index (κ1) is 9.00. The van der Waals surface area contributed by atoms with Crippen LogP contribution in [0.15, 0.2) is 0 Å². The van der Waals surface area contributed by atoms with Crippen LogP contribution in [0.3, 0.4) is 0 Å². The lowest BCUT2D eigenvalue weighted by Gasteiger charge is -2.08. The minimum absolute atomic E-state index is 0.0150. The van der Waals surface area contributed by atoms with Gasteiger partial charge in [-0.15, -0.1) is 0 Å². The van der Waals surface area contributed by atoms with E-state index in [0.717, 1.165) is 13.0 Å². The molecule has 1 heterocycles. The molecule has 1 aliphatic heterocycles. The van der Waals surface area contributed by atoms with Gasteiger partial charge in [-0.2, -0.15) is 0 Å². The highest BCUT2D eigenvalue weighted by molar-refractivity contribution is 5.75. The zero-order chi connectivity index (χ0) is 9.26. The van der Waals surface area contributed by atoms with Crippen LogP contribution >= 0.6 is 0 Å². The topological polar surface area (TPSA) is 38.3 Å². The van der Waals surface area contributed by atoms with Crippen LogP contribution in [-0.4, -0.2) is 25.2 Å². The van der Waals surface area contributed by atoms with Crippen LogP contribution < -0.4 is 5.32 Å². The van der Waals surface area contributed by atoms with Crippen molar-refractivity contribution in [3.63, 3.8) is 0 Å². The average molecular weight is 183 g/mol. The van der Waals surface area contributed by atoms with Gasteiger partial charge in [0.25, 0.3) is 0 Å². The van der Waals surface area contributed by atoms with Gasteiger partial charge in [-0.3, -0.25) is 4.79 Å². The molecule has 2 rings (SSSR count). The molecule has 13 heavy (non-hydrogen) atoms. The molecule has 3 unspecified atom stereocenters. The third kappa shape index (κ3) is 1.85. The summed E-state index contributed by atoms with van der Waals surface area (Å²) in [5, 5.41) is 3.44. The predicted molar refractivity (Wildman–Crippen MR) is 49.3 cm³/mol. The molecule has 0 aromatic rings. The Balaban J connectivity index is 1.77. The molecule has 3 heteroatoms. The van der Waals surface area contributed by atoms with Gasteiger partial charge in [-0.1, -0.05) is 0 Å². The van der Waals surface area contributed by atoms with Gasteiger partial charge in [-0.25, -0.2) is 0 Å². The van der Waals surface area contributed by atoms with E-state index in [-0.39, 0.29) is 11.9 Å². The van der Waals surface area contributed by atoms with Crippen molar-refractivity contribution in [1.82, 2.24) is 5.32 Å². The average Bonchev–Trinajstić information content (AvgIpc) is 2.74. The molecule has 2 aliphatic rings. The lowest BCUT2D eigenvalue weighted by molar-refractivity contribution is -0.145. The zero-order valence-electron chi connectivity index (χ0n) is 8.08. The van der Waals surface area contributed by atoms with Crippen molar-refractivity contribution in [3.8, 4) is 0 Å². The molecule has 3 atom stereocenters. The van der Waals surface area contributed by atoms with Crippen LogP contribution in [0.5, 0.6) is 0 Å². The second-order valence-corrected chi connectivity index (χ2v) is 3.96. The number of nitrogens with one attached hydrogen (secondary N) is 1. The molecule has 0 aromatic carbocycles. The molecule has 0 aromatic heterocycles. The predicted octanol–water partition coefficient (Wildman–Crippen LogP) is 0.938. The number of ether oxygens (including phenoxy) is 1. The van der Waals surface area contributed by atoms with Crippen molar-refractivity contribution in [3.05, 3.63) is 0 Å². The summed E-state index contributed by atoms with van der Waals surface area (Å²) in [5.41, 5.74) is 0. The molecule has 2 fully saturated rings. The second kappa shape index (κ2) is 3.66. The fraction of sp³-hybridized carbons (Fsp3) is 0.900. The molecule has 1 saturated carbocycles. The molecule has 0 amide bonds. The number of hydrogen-bond acceptors (Lipinski definition) is 3. The van der Waals surface area contributed by atoms with Gasteiger partial charge in [0.2, 0.25) is 0 Å². The van der Waals surface area contributed by atoms with E-state index in [9.17, 15) is 4.79 Å². The van der Waals surface area contributed by atoms with Crippen molar-refractivity contribution in [2.45, 2.75) is 32.2 Å². The van der Waals surface area contributed by atoms with Gasteiger partial charge >= 0.3 is 5.97 Å². The molecule has 3 nitrogen and oxygen atoms in total. The minimum Gasteiger partial charge on any atom is -0.466 e. The number of rotatable bonds is 3. The normalized spacial score (nSPS) is 37.5. The molecule has 1 aliphatic carbocycles. The van der Waals surface area contributed by atoms with Gasteiger partial charge in [-0.05, 0) is 38.6 Å². The van der Waals surface area contributed by atoms with E-state index >= 15 is 0 Å². The molecule has 0 bridgehead atoms. The summed E-state index contributed by atoms with van der Waals surface area (Å²) in [6, 6.07) is 0.592. The van der Waals surface area contributed by atoms with Crippen molar-refractivity contribution in [2.75, 3.05) is 13.2 Å².